The van der Waals surface area contributed by atoms with Crippen LogP contribution < -0.4 is 5.32 Å². The first-order valence-corrected chi connectivity index (χ1v) is 7.36. The van der Waals surface area contributed by atoms with Crippen LogP contribution in [0.2, 0.25) is 0 Å². The van der Waals surface area contributed by atoms with E-state index in [1.54, 1.807) is 0 Å². The molecular weight excluding hydrogens is 262 g/mol. The van der Waals surface area contributed by atoms with Crippen LogP contribution in [0.3, 0.4) is 0 Å². The molecule has 0 heterocycles. The van der Waals surface area contributed by atoms with Gasteiger partial charge in [0.15, 0.2) is 0 Å². The molecule has 0 fully saturated rings. The van der Waals surface area contributed by atoms with Gasteiger partial charge in [-0.2, -0.15) is 0 Å². The molecule has 19 heavy (non-hydrogen) atoms. The van der Waals surface area contributed by atoms with Crippen molar-refractivity contribution in [2.45, 2.75) is 19.3 Å². The maximum atomic E-state index is 11.4. The Kier molecular flexibility index (Phi) is 7.03. The topological polar surface area (TPSA) is 66.4 Å². The zero-order chi connectivity index (χ0) is 14.1. The molecule has 4 nitrogen and oxygen atoms in total. The van der Waals surface area contributed by atoms with E-state index in [-0.39, 0.29) is 17.4 Å². The highest BCUT2D eigenvalue weighted by molar-refractivity contribution is 8.00. The minimum absolute atomic E-state index is 0.0339. The molecule has 0 saturated carbocycles. The number of benzene rings is 1. The highest BCUT2D eigenvalue weighted by Crippen LogP contribution is 2.17. The van der Waals surface area contributed by atoms with E-state index in [1.807, 2.05) is 18.2 Å². The number of hydrogen-bond donors (Lipinski definition) is 2. The van der Waals surface area contributed by atoms with Gasteiger partial charge in [-0.3, -0.25) is 9.59 Å². The SMILES string of the molecule is CC(CCNC(=O)CSCC(=O)O)c1ccccc1. The first-order valence-electron chi connectivity index (χ1n) is 6.20. The van der Waals surface area contributed by atoms with Crippen LogP contribution in [0.4, 0.5) is 0 Å². The Labute approximate surface area is 117 Å². The van der Waals surface area contributed by atoms with Crippen LogP contribution >= 0.6 is 11.8 Å². The summed E-state index contributed by atoms with van der Waals surface area (Å²) >= 11 is 1.11. The molecule has 0 aromatic heterocycles. The summed E-state index contributed by atoms with van der Waals surface area (Å²) in [5.41, 5.74) is 1.26. The van der Waals surface area contributed by atoms with Gasteiger partial charge in [-0.15, -0.1) is 11.8 Å². The molecule has 0 saturated heterocycles. The Hall–Kier alpha value is -1.49. The van der Waals surface area contributed by atoms with E-state index >= 15 is 0 Å². The molecule has 1 atom stereocenters. The number of thioether (sulfide) groups is 1. The predicted octanol–water partition coefficient (Wildman–Crippen LogP) is 2.11. The minimum Gasteiger partial charge on any atom is -0.481 e. The number of carbonyl (C=O) groups excluding carboxylic acids is 1. The number of hydrogen-bond acceptors (Lipinski definition) is 3. The van der Waals surface area contributed by atoms with Gasteiger partial charge in [-0.05, 0) is 17.9 Å². The van der Waals surface area contributed by atoms with Crippen LogP contribution in [-0.4, -0.2) is 35.0 Å². The van der Waals surface area contributed by atoms with E-state index in [0.717, 1.165) is 18.2 Å². The standard InChI is InChI=1S/C14H19NO3S/c1-11(12-5-3-2-4-6-12)7-8-15-13(16)9-19-10-14(17)18/h2-6,11H,7-10H2,1H3,(H,15,16)(H,17,18). The second-order valence-corrected chi connectivity index (χ2v) is 5.32. The van der Waals surface area contributed by atoms with Gasteiger partial charge in [0, 0.05) is 6.54 Å². The third-order valence-corrected chi connectivity index (χ3v) is 3.64. The number of rotatable bonds is 8. The zero-order valence-electron chi connectivity index (χ0n) is 11.0. The van der Waals surface area contributed by atoms with Crippen LogP contribution in [0.1, 0.15) is 24.8 Å². The molecule has 1 aromatic carbocycles. The Morgan fingerprint density at radius 1 is 1.26 bits per heavy atom. The van der Waals surface area contributed by atoms with Crippen molar-refractivity contribution in [1.29, 1.82) is 0 Å². The lowest BCUT2D eigenvalue weighted by Gasteiger charge is -2.12. The largest absolute Gasteiger partial charge is 0.481 e. The third-order valence-electron chi connectivity index (χ3n) is 2.73. The fourth-order valence-corrected chi connectivity index (χ4v) is 2.22. The van der Waals surface area contributed by atoms with Crippen molar-refractivity contribution < 1.29 is 14.7 Å². The van der Waals surface area contributed by atoms with Crippen molar-refractivity contribution in [3.8, 4) is 0 Å². The molecule has 0 bridgehead atoms. The van der Waals surface area contributed by atoms with Crippen molar-refractivity contribution in [3.05, 3.63) is 35.9 Å². The van der Waals surface area contributed by atoms with Crippen LogP contribution in [0.15, 0.2) is 30.3 Å². The summed E-state index contributed by atoms with van der Waals surface area (Å²) in [6.45, 7) is 2.74. The highest BCUT2D eigenvalue weighted by Gasteiger charge is 2.07. The molecule has 0 radical (unpaired) electrons. The van der Waals surface area contributed by atoms with Gasteiger partial charge in [0.05, 0.1) is 11.5 Å². The molecule has 1 unspecified atom stereocenters. The van der Waals surface area contributed by atoms with E-state index in [1.165, 1.54) is 5.56 Å². The molecule has 0 aliphatic rings. The van der Waals surface area contributed by atoms with Crippen molar-refractivity contribution in [1.82, 2.24) is 5.32 Å². The molecule has 104 valence electrons. The van der Waals surface area contributed by atoms with Crippen molar-refractivity contribution in [3.63, 3.8) is 0 Å². The summed E-state index contributed by atoms with van der Waals surface area (Å²) in [5, 5.41) is 11.3. The van der Waals surface area contributed by atoms with Gasteiger partial charge in [0.25, 0.3) is 0 Å². The molecule has 1 amide bonds. The molecule has 1 aromatic rings. The molecule has 2 N–H and O–H groups in total. The van der Waals surface area contributed by atoms with E-state index in [9.17, 15) is 9.59 Å². The smallest absolute Gasteiger partial charge is 0.313 e. The van der Waals surface area contributed by atoms with Crippen LogP contribution in [0, 0.1) is 0 Å². The summed E-state index contributed by atoms with van der Waals surface area (Å²) in [6.07, 6.45) is 0.874. The van der Waals surface area contributed by atoms with Gasteiger partial charge < -0.3 is 10.4 Å². The predicted molar refractivity (Wildman–Crippen MR) is 77.4 cm³/mol. The van der Waals surface area contributed by atoms with Crippen molar-refractivity contribution in [2.75, 3.05) is 18.1 Å². The number of carboxylic acid groups (broad SMARTS) is 1. The van der Waals surface area contributed by atoms with Gasteiger partial charge in [-0.25, -0.2) is 0 Å². The number of carbonyl (C=O) groups is 2. The second kappa shape index (κ2) is 8.58. The summed E-state index contributed by atoms with van der Waals surface area (Å²) in [6, 6.07) is 10.2. The fourth-order valence-electron chi connectivity index (χ4n) is 1.66. The van der Waals surface area contributed by atoms with E-state index in [4.69, 9.17) is 5.11 Å². The lowest BCUT2D eigenvalue weighted by molar-refractivity contribution is -0.133. The molecular formula is C14H19NO3S. The molecule has 1 rings (SSSR count). The maximum absolute atomic E-state index is 11.4. The van der Waals surface area contributed by atoms with Gasteiger partial charge in [0.1, 0.15) is 0 Å². The van der Waals surface area contributed by atoms with Gasteiger partial charge in [0.2, 0.25) is 5.91 Å². The quantitative estimate of drug-likeness (QED) is 0.766. The van der Waals surface area contributed by atoms with E-state index < -0.39 is 5.97 Å². The van der Waals surface area contributed by atoms with E-state index in [0.29, 0.717) is 12.5 Å². The Bertz CT molecular complexity index is 408. The number of amides is 1. The molecule has 0 aliphatic carbocycles. The van der Waals surface area contributed by atoms with Crippen LogP contribution in [-0.2, 0) is 9.59 Å². The summed E-state index contributed by atoms with van der Waals surface area (Å²) in [7, 11) is 0. The minimum atomic E-state index is -0.893. The van der Waals surface area contributed by atoms with Gasteiger partial charge >= 0.3 is 5.97 Å². The fraction of sp³-hybridized carbons (Fsp3) is 0.429. The van der Waals surface area contributed by atoms with Crippen LogP contribution in [0.5, 0.6) is 0 Å². The zero-order valence-corrected chi connectivity index (χ0v) is 11.8. The summed E-state index contributed by atoms with van der Waals surface area (Å²) in [4.78, 5) is 21.7. The highest BCUT2D eigenvalue weighted by atomic mass is 32.2. The first-order chi connectivity index (χ1) is 9.09. The molecule has 0 aliphatic heterocycles. The average Bonchev–Trinajstić information content (AvgIpc) is 2.39. The number of nitrogens with one attached hydrogen (secondary N) is 1. The average molecular weight is 281 g/mol. The second-order valence-electron chi connectivity index (χ2n) is 4.34. The molecule has 5 heteroatoms. The Morgan fingerprint density at radius 2 is 1.95 bits per heavy atom. The van der Waals surface area contributed by atoms with E-state index in [2.05, 4.69) is 24.4 Å². The maximum Gasteiger partial charge on any atom is 0.313 e. The molecule has 0 spiro atoms. The van der Waals surface area contributed by atoms with Gasteiger partial charge in [-0.1, -0.05) is 37.3 Å². The summed E-state index contributed by atoms with van der Waals surface area (Å²) in [5.74, 6) is -0.435. The first kappa shape index (κ1) is 15.6. The Balaban J connectivity index is 2.16. The van der Waals surface area contributed by atoms with Crippen molar-refractivity contribution >= 4 is 23.6 Å². The van der Waals surface area contributed by atoms with Crippen LogP contribution in [0.25, 0.3) is 0 Å². The normalized spacial score (nSPS) is 11.8. The lowest BCUT2D eigenvalue weighted by atomic mass is 9.98. The Morgan fingerprint density at radius 3 is 2.58 bits per heavy atom. The summed E-state index contributed by atoms with van der Waals surface area (Å²) < 4.78 is 0. The monoisotopic (exact) mass is 281 g/mol. The lowest BCUT2D eigenvalue weighted by Crippen LogP contribution is -2.27. The third kappa shape index (κ3) is 6.86. The number of carboxylic acids is 1. The number of aliphatic carboxylic acids is 1. The van der Waals surface area contributed by atoms with Crippen molar-refractivity contribution in [2.24, 2.45) is 0 Å².